The number of rotatable bonds is 5. The lowest BCUT2D eigenvalue weighted by atomic mass is 9.94. The zero-order valence-electron chi connectivity index (χ0n) is 15.6. The summed E-state index contributed by atoms with van der Waals surface area (Å²) in [6, 6.07) is 15.1. The van der Waals surface area contributed by atoms with E-state index in [1.807, 2.05) is 55.5 Å². The predicted molar refractivity (Wildman–Crippen MR) is 103 cm³/mol. The minimum absolute atomic E-state index is 0.395. The molecule has 1 aromatic heterocycles. The largest absolute Gasteiger partial charge is 0.489 e. The second kappa shape index (κ2) is 7.15. The van der Waals surface area contributed by atoms with Gasteiger partial charge in [-0.2, -0.15) is 4.68 Å². The molecule has 0 fully saturated rings. The summed E-state index contributed by atoms with van der Waals surface area (Å²) in [5, 5.41) is 14.8. The molecule has 8 nitrogen and oxygen atoms in total. The van der Waals surface area contributed by atoms with Gasteiger partial charge in [0.05, 0.1) is 5.57 Å². The van der Waals surface area contributed by atoms with Crippen molar-refractivity contribution < 1.29 is 9.53 Å². The summed E-state index contributed by atoms with van der Waals surface area (Å²) in [5.74, 6) is 0.549. The molecule has 0 radical (unpaired) electrons. The number of allylic oxidation sites excluding steroid dienone is 1. The van der Waals surface area contributed by atoms with Gasteiger partial charge in [-0.15, -0.1) is 0 Å². The first-order valence-electron chi connectivity index (χ1n) is 8.87. The van der Waals surface area contributed by atoms with Gasteiger partial charge in [0.25, 0.3) is 0 Å². The van der Waals surface area contributed by atoms with E-state index in [2.05, 4.69) is 20.8 Å². The first kappa shape index (κ1) is 17.7. The first-order valence-corrected chi connectivity index (χ1v) is 8.87. The van der Waals surface area contributed by atoms with Gasteiger partial charge < -0.3 is 15.8 Å². The number of carbonyl (C=O) groups excluding carboxylic acids is 1. The summed E-state index contributed by atoms with van der Waals surface area (Å²) >= 11 is 0. The van der Waals surface area contributed by atoms with Gasteiger partial charge in [0.1, 0.15) is 18.4 Å². The third-order valence-electron chi connectivity index (χ3n) is 4.71. The highest BCUT2D eigenvalue weighted by Crippen LogP contribution is 2.38. The molecule has 28 heavy (non-hydrogen) atoms. The first-order chi connectivity index (χ1) is 13.5. The van der Waals surface area contributed by atoms with Crippen LogP contribution in [0.5, 0.6) is 5.75 Å². The second-order valence-corrected chi connectivity index (χ2v) is 6.69. The van der Waals surface area contributed by atoms with Crippen LogP contribution in [0.4, 0.5) is 5.95 Å². The number of fused-ring (bicyclic) bond motifs is 1. The number of hydrogen-bond acceptors (Lipinski definition) is 6. The number of primary amides is 1. The van der Waals surface area contributed by atoms with Crippen LogP contribution < -0.4 is 15.8 Å². The molecule has 3 N–H and O–H groups in total. The summed E-state index contributed by atoms with van der Waals surface area (Å²) in [4.78, 5) is 12.2. The van der Waals surface area contributed by atoms with Crippen LogP contribution in [0.3, 0.4) is 0 Å². The standard InChI is InChI=1S/C20H20N6O2/c1-12-7-9-14(10-8-12)11-28-16-6-4-3-5-15(16)18-17(19(21)27)13(2)22-20-23-24-25-26(18)20/h3-10,18H,11H2,1-2H3,(H2,21,27)(H,22,23,25). The van der Waals surface area contributed by atoms with Crippen LogP contribution >= 0.6 is 0 Å². The summed E-state index contributed by atoms with van der Waals surface area (Å²) in [7, 11) is 0. The molecule has 1 aliphatic heterocycles. The fourth-order valence-corrected chi connectivity index (χ4v) is 3.30. The van der Waals surface area contributed by atoms with Crippen molar-refractivity contribution in [3.05, 3.63) is 76.5 Å². The molecule has 2 aromatic carbocycles. The Labute approximate surface area is 162 Å². The van der Waals surface area contributed by atoms with E-state index < -0.39 is 11.9 Å². The highest BCUT2D eigenvalue weighted by Gasteiger charge is 2.34. The lowest BCUT2D eigenvalue weighted by Gasteiger charge is -2.28. The van der Waals surface area contributed by atoms with Gasteiger partial charge in [-0.1, -0.05) is 53.1 Å². The zero-order chi connectivity index (χ0) is 19.7. The number of aromatic nitrogens is 4. The molecule has 1 unspecified atom stereocenters. The Morgan fingerprint density at radius 1 is 1.18 bits per heavy atom. The van der Waals surface area contributed by atoms with Crippen LogP contribution in [0.25, 0.3) is 0 Å². The molecule has 0 bridgehead atoms. The van der Waals surface area contributed by atoms with Crippen LogP contribution in [0, 0.1) is 6.92 Å². The van der Waals surface area contributed by atoms with Crippen molar-refractivity contribution in [2.24, 2.45) is 5.73 Å². The van der Waals surface area contributed by atoms with E-state index in [1.54, 1.807) is 11.6 Å². The minimum atomic E-state index is -0.571. The van der Waals surface area contributed by atoms with E-state index in [0.29, 0.717) is 29.6 Å². The van der Waals surface area contributed by atoms with Gasteiger partial charge in [0, 0.05) is 11.3 Å². The Kier molecular flexibility index (Phi) is 4.52. The molecule has 0 saturated carbocycles. The van der Waals surface area contributed by atoms with Gasteiger partial charge in [0.15, 0.2) is 0 Å². The molecule has 1 atom stereocenters. The van der Waals surface area contributed by atoms with Gasteiger partial charge in [-0.25, -0.2) is 0 Å². The normalized spacial score (nSPS) is 15.7. The predicted octanol–water partition coefficient (Wildman–Crippen LogP) is 2.33. The molecule has 1 aliphatic rings. The van der Waals surface area contributed by atoms with Crippen LogP contribution in [0.15, 0.2) is 59.8 Å². The summed E-state index contributed by atoms with van der Waals surface area (Å²) < 4.78 is 7.64. The topological polar surface area (TPSA) is 108 Å². The summed E-state index contributed by atoms with van der Waals surface area (Å²) in [5.41, 5.74) is 9.70. The van der Waals surface area contributed by atoms with E-state index in [0.717, 1.165) is 11.1 Å². The Hall–Kier alpha value is -3.68. The lowest BCUT2D eigenvalue weighted by molar-refractivity contribution is -0.115. The van der Waals surface area contributed by atoms with Crippen LogP contribution in [-0.2, 0) is 11.4 Å². The molecule has 4 rings (SSSR count). The van der Waals surface area contributed by atoms with E-state index in [9.17, 15) is 4.79 Å². The van der Waals surface area contributed by atoms with Crippen LogP contribution in [0.1, 0.15) is 29.7 Å². The van der Waals surface area contributed by atoms with Crippen molar-refractivity contribution in [1.29, 1.82) is 0 Å². The number of nitrogens with zero attached hydrogens (tertiary/aromatic N) is 4. The molecular weight excluding hydrogens is 356 g/mol. The Morgan fingerprint density at radius 3 is 2.68 bits per heavy atom. The lowest BCUT2D eigenvalue weighted by Crippen LogP contribution is -2.32. The quantitative estimate of drug-likeness (QED) is 0.708. The van der Waals surface area contributed by atoms with E-state index >= 15 is 0 Å². The molecule has 8 heteroatoms. The van der Waals surface area contributed by atoms with Gasteiger partial charge in [-0.3, -0.25) is 4.79 Å². The third-order valence-corrected chi connectivity index (χ3v) is 4.71. The number of para-hydroxylation sites is 1. The minimum Gasteiger partial charge on any atom is -0.489 e. The number of aryl methyl sites for hydroxylation is 1. The molecule has 3 aromatic rings. The number of hydrogen-bond donors (Lipinski definition) is 2. The van der Waals surface area contributed by atoms with Crippen molar-refractivity contribution in [2.75, 3.05) is 5.32 Å². The number of nitrogens with two attached hydrogens (primary N) is 1. The van der Waals surface area contributed by atoms with Gasteiger partial charge in [0.2, 0.25) is 11.9 Å². The molecule has 2 heterocycles. The molecular formula is C20H20N6O2. The van der Waals surface area contributed by atoms with Crippen molar-refractivity contribution >= 4 is 11.9 Å². The highest BCUT2D eigenvalue weighted by atomic mass is 16.5. The Morgan fingerprint density at radius 2 is 1.93 bits per heavy atom. The van der Waals surface area contributed by atoms with E-state index in [4.69, 9.17) is 10.5 Å². The summed E-state index contributed by atoms with van der Waals surface area (Å²) in [6.45, 7) is 4.22. The third kappa shape index (κ3) is 3.20. The average Bonchev–Trinajstić information content (AvgIpc) is 3.14. The molecule has 0 spiro atoms. The molecule has 0 aliphatic carbocycles. The fourth-order valence-electron chi connectivity index (χ4n) is 3.30. The van der Waals surface area contributed by atoms with Gasteiger partial charge in [-0.05, 0) is 35.9 Å². The van der Waals surface area contributed by atoms with Gasteiger partial charge >= 0.3 is 0 Å². The van der Waals surface area contributed by atoms with Crippen molar-refractivity contribution in [3.63, 3.8) is 0 Å². The number of amides is 1. The van der Waals surface area contributed by atoms with Crippen molar-refractivity contribution in [2.45, 2.75) is 26.5 Å². The number of ether oxygens (including phenoxy) is 1. The number of tetrazole rings is 1. The zero-order valence-corrected chi connectivity index (χ0v) is 15.6. The van der Waals surface area contributed by atoms with Crippen molar-refractivity contribution in [1.82, 2.24) is 20.2 Å². The monoisotopic (exact) mass is 376 g/mol. The van der Waals surface area contributed by atoms with E-state index in [-0.39, 0.29) is 0 Å². The molecule has 1 amide bonds. The van der Waals surface area contributed by atoms with Crippen LogP contribution in [0.2, 0.25) is 0 Å². The average molecular weight is 376 g/mol. The molecule has 0 saturated heterocycles. The maximum Gasteiger partial charge on any atom is 0.248 e. The molecule has 142 valence electrons. The number of carbonyl (C=O) groups is 1. The van der Waals surface area contributed by atoms with Crippen molar-refractivity contribution in [3.8, 4) is 5.75 Å². The Bertz CT molecular complexity index is 1050. The van der Waals surface area contributed by atoms with Crippen LogP contribution in [-0.4, -0.2) is 26.1 Å². The number of anilines is 1. The fraction of sp³-hybridized carbons (Fsp3) is 0.200. The Balaban J connectivity index is 1.73. The maximum absolute atomic E-state index is 12.2. The maximum atomic E-state index is 12.2. The second-order valence-electron chi connectivity index (χ2n) is 6.69. The smallest absolute Gasteiger partial charge is 0.248 e. The summed E-state index contributed by atoms with van der Waals surface area (Å²) in [6.07, 6.45) is 0. The SMILES string of the molecule is CC1=C(C(N)=O)C(c2ccccc2OCc2ccc(C)cc2)n2nnnc2N1. The van der Waals surface area contributed by atoms with E-state index in [1.165, 1.54) is 5.56 Å². The number of nitrogens with one attached hydrogen (secondary N) is 1. The highest BCUT2D eigenvalue weighted by molar-refractivity contribution is 5.95. The number of benzene rings is 2.